The second kappa shape index (κ2) is 2.90. The largest absolute Gasteiger partial charge is 0.309 e. The Morgan fingerprint density at radius 1 is 1.15 bits per heavy atom. The minimum atomic E-state index is 0.478. The van der Waals surface area contributed by atoms with Gasteiger partial charge in [-0.1, -0.05) is 13.8 Å². The Balaban J connectivity index is 1.86. The summed E-state index contributed by atoms with van der Waals surface area (Å²) in [5.74, 6) is 1.31. The van der Waals surface area contributed by atoms with Crippen LogP contribution in [0.1, 0.15) is 40.5 Å². The van der Waals surface area contributed by atoms with Gasteiger partial charge in [0.1, 0.15) is 0 Å². The molecule has 2 unspecified atom stereocenters. The van der Waals surface area contributed by atoms with Crippen molar-refractivity contribution < 1.29 is 0 Å². The molecule has 0 bridgehead atoms. The van der Waals surface area contributed by atoms with Gasteiger partial charge in [-0.05, 0) is 32.1 Å². The molecule has 2 aliphatic rings. The predicted molar refractivity (Wildman–Crippen MR) is 60.3 cm³/mol. The van der Waals surface area contributed by atoms with E-state index in [-0.39, 0.29) is 0 Å². The molecular weight excluding hydrogens is 178 g/mol. The van der Waals surface area contributed by atoms with Crippen LogP contribution in [0.2, 0.25) is 0 Å². The minimum Gasteiger partial charge on any atom is -0.309 e. The highest BCUT2D eigenvalue weighted by Crippen LogP contribution is 2.45. The van der Waals surface area contributed by atoms with Crippen LogP contribution in [0.5, 0.6) is 0 Å². The van der Waals surface area contributed by atoms with E-state index in [2.05, 4.69) is 44.8 Å². The molecule has 0 aromatic rings. The van der Waals surface area contributed by atoms with E-state index >= 15 is 0 Å². The topological polar surface area (TPSA) is 12.0 Å². The van der Waals surface area contributed by atoms with Crippen LogP contribution in [-0.4, -0.2) is 22.6 Å². The SMILES string of the molecule is CC1(C)CCC1NC1CSC1(C)C. The van der Waals surface area contributed by atoms with Gasteiger partial charge in [0.05, 0.1) is 0 Å². The minimum absolute atomic E-state index is 0.478. The lowest BCUT2D eigenvalue weighted by molar-refractivity contribution is 0.0942. The fourth-order valence-electron chi connectivity index (χ4n) is 2.17. The fraction of sp³-hybridized carbons (Fsp3) is 1.00. The third-order valence-electron chi connectivity index (χ3n) is 3.88. The second-order valence-corrected chi connectivity index (χ2v) is 7.39. The molecule has 1 aliphatic carbocycles. The molecule has 2 heteroatoms. The van der Waals surface area contributed by atoms with Gasteiger partial charge in [-0.3, -0.25) is 0 Å². The molecule has 76 valence electrons. The van der Waals surface area contributed by atoms with Gasteiger partial charge in [-0.2, -0.15) is 11.8 Å². The van der Waals surface area contributed by atoms with E-state index < -0.39 is 0 Å². The van der Waals surface area contributed by atoms with Crippen LogP contribution in [0.25, 0.3) is 0 Å². The van der Waals surface area contributed by atoms with Crippen molar-refractivity contribution in [3.63, 3.8) is 0 Å². The van der Waals surface area contributed by atoms with Gasteiger partial charge in [-0.15, -0.1) is 0 Å². The van der Waals surface area contributed by atoms with Gasteiger partial charge in [0.2, 0.25) is 0 Å². The van der Waals surface area contributed by atoms with Crippen LogP contribution in [-0.2, 0) is 0 Å². The first-order valence-corrected chi connectivity index (χ1v) is 6.30. The summed E-state index contributed by atoms with van der Waals surface area (Å²) in [4.78, 5) is 0. The van der Waals surface area contributed by atoms with E-state index in [9.17, 15) is 0 Å². The monoisotopic (exact) mass is 199 g/mol. The Morgan fingerprint density at radius 2 is 1.85 bits per heavy atom. The maximum Gasteiger partial charge on any atom is 0.0303 e. The third-order valence-corrected chi connectivity index (χ3v) is 5.41. The Labute approximate surface area is 86.0 Å². The van der Waals surface area contributed by atoms with Gasteiger partial charge in [0.25, 0.3) is 0 Å². The standard InChI is InChI=1S/C11H21NS/c1-10(2)6-5-8(10)12-9-7-13-11(9,3)4/h8-9,12H,5-7H2,1-4H3. The lowest BCUT2D eigenvalue weighted by Gasteiger charge is -2.52. The molecule has 1 nitrogen and oxygen atoms in total. The van der Waals surface area contributed by atoms with Crippen molar-refractivity contribution in [3.05, 3.63) is 0 Å². The van der Waals surface area contributed by atoms with E-state index in [4.69, 9.17) is 0 Å². The van der Waals surface area contributed by atoms with Crippen LogP contribution in [0.4, 0.5) is 0 Å². The highest BCUT2D eigenvalue weighted by Gasteiger charge is 2.45. The fourth-order valence-corrected chi connectivity index (χ4v) is 3.33. The maximum absolute atomic E-state index is 3.81. The molecule has 13 heavy (non-hydrogen) atoms. The van der Waals surface area contributed by atoms with Crippen molar-refractivity contribution in [2.24, 2.45) is 5.41 Å². The summed E-state index contributed by atoms with van der Waals surface area (Å²) in [5, 5.41) is 3.81. The Hall–Kier alpha value is 0.310. The Morgan fingerprint density at radius 3 is 2.08 bits per heavy atom. The lowest BCUT2D eigenvalue weighted by Crippen LogP contribution is -2.62. The highest BCUT2D eigenvalue weighted by atomic mass is 32.2. The highest BCUT2D eigenvalue weighted by molar-refractivity contribution is 8.02. The van der Waals surface area contributed by atoms with Gasteiger partial charge in [0.15, 0.2) is 0 Å². The summed E-state index contributed by atoms with van der Waals surface area (Å²) < 4.78 is 0.478. The average Bonchev–Trinajstić information content (AvgIpc) is 2.01. The zero-order chi connectivity index (χ0) is 9.69. The molecule has 2 rings (SSSR count). The first-order valence-electron chi connectivity index (χ1n) is 5.32. The maximum atomic E-state index is 3.81. The molecule has 1 aliphatic heterocycles. The van der Waals surface area contributed by atoms with E-state index in [0.29, 0.717) is 10.2 Å². The van der Waals surface area contributed by atoms with E-state index in [0.717, 1.165) is 12.1 Å². The molecular formula is C11H21NS. The third kappa shape index (κ3) is 1.63. The summed E-state index contributed by atoms with van der Waals surface area (Å²) in [6.07, 6.45) is 2.77. The molecule has 1 N–H and O–H groups in total. The molecule has 0 radical (unpaired) electrons. The van der Waals surface area contributed by atoms with Crippen LogP contribution in [0.15, 0.2) is 0 Å². The predicted octanol–water partition coefficient (Wildman–Crippen LogP) is 2.66. The molecule has 0 aromatic heterocycles. The van der Waals surface area contributed by atoms with Gasteiger partial charge < -0.3 is 5.32 Å². The number of rotatable bonds is 2. The Bertz CT molecular complexity index is 188. The van der Waals surface area contributed by atoms with Crippen LogP contribution in [0, 0.1) is 5.41 Å². The van der Waals surface area contributed by atoms with E-state index in [1.54, 1.807) is 0 Å². The van der Waals surface area contributed by atoms with Crippen molar-refractivity contribution in [3.8, 4) is 0 Å². The van der Waals surface area contributed by atoms with Crippen molar-refractivity contribution in [2.45, 2.75) is 57.4 Å². The number of hydrogen-bond donors (Lipinski definition) is 1. The quantitative estimate of drug-likeness (QED) is 0.734. The van der Waals surface area contributed by atoms with Crippen LogP contribution < -0.4 is 5.32 Å². The summed E-state index contributed by atoms with van der Waals surface area (Å²) in [6.45, 7) is 9.47. The first kappa shape index (κ1) is 9.85. The summed E-state index contributed by atoms with van der Waals surface area (Å²) in [7, 11) is 0. The summed E-state index contributed by atoms with van der Waals surface area (Å²) >= 11 is 2.08. The van der Waals surface area contributed by atoms with Gasteiger partial charge >= 0.3 is 0 Å². The summed E-state index contributed by atoms with van der Waals surface area (Å²) in [5.41, 5.74) is 0.552. The van der Waals surface area contributed by atoms with Crippen LogP contribution >= 0.6 is 11.8 Å². The molecule has 0 spiro atoms. The molecule has 0 amide bonds. The van der Waals surface area contributed by atoms with Crippen LogP contribution in [0.3, 0.4) is 0 Å². The van der Waals surface area contributed by atoms with Gasteiger partial charge in [0, 0.05) is 22.6 Å². The lowest BCUT2D eigenvalue weighted by atomic mass is 9.67. The van der Waals surface area contributed by atoms with E-state index in [1.165, 1.54) is 18.6 Å². The Kier molecular flexibility index (Phi) is 2.20. The molecule has 1 saturated carbocycles. The summed E-state index contributed by atoms with van der Waals surface area (Å²) in [6, 6.07) is 1.53. The van der Waals surface area contributed by atoms with Crippen molar-refractivity contribution in [2.75, 3.05) is 5.75 Å². The molecule has 2 atom stereocenters. The first-order chi connectivity index (χ1) is 5.92. The molecule has 1 heterocycles. The second-order valence-electron chi connectivity index (χ2n) is 5.71. The van der Waals surface area contributed by atoms with Gasteiger partial charge in [-0.25, -0.2) is 0 Å². The molecule has 1 saturated heterocycles. The number of thioether (sulfide) groups is 1. The zero-order valence-corrected chi connectivity index (χ0v) is 10.0. The number of nitrogens with one attached hydrogen (secondary N) is 1. The van der Waals surface area contributed by atoms with Crippen molar-refractivity contribution in [1.29, 1.82) is 0 Å². The van der Waals surface area contributed by atoms with E-state index in [1.807, 2.05) is 0 Å². The average molecular weight is 199 g/mol. The normalized spacial score (nSPS) is 40.6. The van der Waals surface area contributed by atoms with Crippen molar-refractivity contribution >= 4 is 11.8 Å². The number of hydrogen-bond acceptors (Lipinski definition) is 2. The zero-order valence-electron chi connectivity index (χ0n) is 9.18. The smallest absolute Gasteiger partial charge is 0.0303 e. The molecule has 2 fully saturated rings. The molecule has 0 aromatic carbocycles. The van der Waals surface area contributed by atoms with Crippen molar-refractivity contribution in [1.82, 2.24) is 5.32 Å².